The smallest absolute Gasteiger partial charge is 0.414 e. The number of nitrogens with one attached hydrogen (secondary N) is 2. The van der Waals surface area contributed by atoms with Crippen LogP contribution in [0.5, 0.6) is 5.75 Å². The zero-order valence-electron chi connectivity index (χ0n) is 18.2. The summed E-state index contributed by atoms with van der Waals surface area (Å²) < 4.78 is 13.4. The molecule has 10 heteroatoms. The van der Waals surface area contributed by atoms with E-state index in [9.17, 15) is 14.4 Å². The van der Waals surface area contributed by atoms with Gasteiger partial charge in [0.1, 0.15) is 18.0 Å². The number of hydrogen-bond acceptors (Lipinski definition) is 7. The number of hydrogen-bond donors (Lipinski definition) is 2. The Balaban J connectivity index is 1.08. The van der Waals surface area contributed by atoms with Crippen LogP contribution in [-0.2, 0) is 16.1 Å². The van der Waals surface area contributed by atoms with Gasteiger partial charge in [0.25, 0.3) is 5.56 Å². The first kappa shape index (κ1) is 21.1. The van der Waals surface area contributed by atoms with E-state index in [1.165, 1.54) is 11.8 Å². The van der Waals surface area contributed by atoms with Crippen molar-refractivity contribution in [2.24, 2.45) is 0 Å². The summed E-state index contributed by atoms with van der Waals surface area (Å²) in [5.74, 6) is 1.04. The fourth-order valence-corrected chi connectivity index (χ4v) is 5.40. The van der Waals surface area contributed by atoms with Gasteiger partial charge in [-0.3, -0.25) is 14.5 Å². The molecular weight excluding hydrogens is 456 g/mol. The summed E-state index contributed by atoms with van der Waals surface area (Å²) in [6, 6.07) is 14.7. The van der Waals surface area contributed by atoms with E-state index in [1.807, 2.05) is 42.5 Å². The predicted octanol–water partition coefficient (Wildman–Crippen LogP) is 2.42. The number of nitrogens with zero attached hydrogens (tertiary/aromatic N) is 2. The second kappa shape index (κ2) is 8.37. The van der Waals surface area contributed by atoms with Gasteiger partial charge in [-0.05, 0) is 30.3 Å². The number of thioether (sulfide) groups is 1. The van der Waals surface area contributed by atoms with Gasteiger partial charge in [-0.25, -0.2) is 4.79 Å². The van der Waals surface area contributed by atoms with E-state index in [0.717, 1.165) is 15.8 Å². The number of ether oxygens (including phenoxy) is 2. The van der Waals surface area contributed by atoms with Crippen molar-refractivity contribution in [3.63, 3.8) is 0 Å². The lowest BCUT2D eigenvalue weighted by Gasteiger charge is -2.28. The zero-order chi connectivity index (χ0) is 23.2. The summed E-state index contributed by atoms with van der Waals surface area (Å²) in [6.07, 6.45) is -0.953. The number of anilines is 2. The molecule has 4 heterocycles. The molecule has 0 spiro atoms. The number of para-hydroxylation sites is 1. The maximum Gasteiger partial charge on any atom is 0.414 e. The molecule has 1 saturated heterocycles. The molecule has 174 valence electrons. The topological polar surface area (TPSA) is 102 Å². The fraction of sp³-hybridized carbons (Fsp3) is 0.292. The maximum absolute atomic E-state index is 12.5. The highest BCUT2D eigenvalue weighted by Crippen LogP contribution is 2.35. The number of rotatable bonds is 5. The number of benzene rings is 2. The number of pyridine rings is 1. The molecule has 0 aliphatic carbocycles. The van der Waals surface area contributed by atoms with Crippen molar-refractivity contribution in [3.8, 4) is 5.75 Å². The Morgan fingerprint density at radius 1 is 1.00 bits per heavy atom. The molecule has 3 aliphatic rings. The van der Waals surface area contributed by atoms with Gasteiger partial charge >= 0.3 is 6.09 Å². The third-order valence-electron chi connectivity index (χ3n) is 6.18. The van der Waals surface area contributed by atoms with E-state index in [1.54, 1.807) is 15.5 Å². The van der Waals surface area contributed by atoms with Crippen LogP contribution in [0.3, 0.4) is 0 Å². The molecule has 0 radical (unpaired) electrons. The molecule has 9 nitrogen and oxygen atoms in total. The third kappa shape index (κ3) is 3.78. The second-order valence-electron chi connectivity index (χ2n) is 8.51. The van der Waals surface area contributed by atoms with E-state index < -0.39 is 6.09 Å². The number of carbonyl (C=O) groups excluding carboxylic acids is 2. The standard InChI is InChI=1S/C24H22N4O5S/c29-21-13-34-20-6-5-15(8-18(20)26-21)27-11-17(33-24(27)31)10-25-9-16-12-28-22(30)7-4-14-2-1-3-19(32-16)23(14)28/h1-8,16-17,25H,9-13H2,(H,26,29)/t16-,17+/m0/s1. The van der Waals surface area contributed by atoms with Crippen LogP contribution in [0.1, 0.15) is 0 Å². The third-order valence-corrected chi connectivity index (χ3v) is 7.25. The number of aromatic nitrogens is 1. The number of fused-ring (bicyclic) bond motifs is 1. The summed E-state index contributed by atoms with van der Waals surface area (Å²) in [5, 5.41) is 7.15. The number of carbonyl (C=O) groups is 2. The highest BCUT2D eigenvalue weighted by atomic mass is 32.2. The predicted molar refractivity (Wildman–Crippen MR) is 129 cm³/mol. The molecule has 2 amide bonds. The summed E-state index contributed by atoms with van der Waals surface area (Å²) >= 11 is 1.48. The molecule has 0 bridgehead atoms. The molecule has 2 N–H and O–H groups in total. The largest absolute Gasteiger partial charge is 0.485 e. The highest BCUT2D eigenvalue weighted by Gasteiger charge is 2.33. The van der Waals surface area contributed by atoms with Gasteiger partial charge in [0.15, 0.2) is 0 Å². The molecule has 0 unspecified atom stereocenters. The lowest BCUT2D eigenvalue weighted by atomic mass is 10.1. The van der Waals surface area contributed by atoms with Crippen molar-refractivity contribution >= 4 is 46.0 Å². The fourth-order valence-electron chi connectivity index (χ4n) is 4.61. The Bertz CT molecular complexity index is 1370. The molecule has 3 aromatic rings. The molecular formula is C24H22N4O5S. The minimum atomic E-state index is -0.414. The average molecular weight is 479 g/mol. The zero-order valence-corrected chi connectivity index (χ0v) is 19.0. The minimum absolute atomic E-state index is 0.0479. The van der Waals surface area contributed by atoms with Crippen LogP contribution in [0.4, 0.5) is 16.2 Å². The van der Waals surface area contributed by atoms with E-state index in [-0.39, 0.29) is 23.7 Å². The van der Waals surface area contributed by atoms with Gasteiger partial charge in [-0.15, -0.1) is 11.8 Å². The first-order valence-electron chi connectivity index (χ1n) is 11.1. The van der Waals surface area contributed by atoms with Crippen LogP contribution < -0.4 is 25.8 Å². The monoisotopic (exact) mass is 478 g/mol. The Kier molecular flexibility index (Phi) is 5.19. The Labute approximate surface area is 199 Å². The Morgan fingerprint density at radius 3 is 2.74 bits per heavy atom. The van der Waals surface area contributed by atoms with Crippen LogP contribution >= 0.6 is 11.8 Å². The van der Waals surface area contributed by atoms with Crippen molar-refractivity contribution < 1.29 is 19.1 Å². The normalized spacial score (nSPS) is 21.1. The summed E-state index contributed by atoms with van der Waals surface area (Å²) in [5.41, 5.74) is 2.18. The van der Waals surface area contributed by atoms with Crippen LogP contribution in [0.15, 0.2) is 58.2 Å². The van der Waals surface area contributed by atoms with Gasteiger partial charge in [0.2, 0.25) is 5.91 Å². The number of cyclic esters (lactones) is 1. The van der Waals surface area contributed by atoms with E-state index >= 15 is 0 Å². The van der Waals surface area contributed by atoms with Crippen molar-refractivity contribution in [2.75, 3.05) is 35.6 Å². The quantitative estimate of drug-likeness (QED) is 0.581. The van der Waals surface area contributed by atoms with Gasteiger partial charge in [-0.2, -0.15) is 0 Å². The van der Waals surface area contributed by atoms with E-state index in [0.29, 0.717) is 49.1 Å². The molecule has 3 aliphatic heterocycles. The van der Waals surface area contributed by atoms with Crippen LogP contribution in [0, 0.1) is 0 Å². The summed E-state index contributed by atoms with van der Waals surface area (Å²) in [4.78, 5) is 39.1. The van der Waals surface area contributed by atoms with Crippen LogP contribution in [0.25, 0.3) is 10.9 Å². The molecule has 2 aromatic carbocycles. The summed E-state index contributed by atoms with van der Waals surface area (Å²) in [7, 11) is 0. The summed E-state index contributed by atoms with van der Waals surface area (Å²) in [6.45, 7) is 1.82. The van der Waals surface area contributed by atoms with Crippen molar-refractivity contribution in [1.82, 2.24) is 9.88 Å². The Morgan fingerprint density at radius 2 is 1.85 bits per heavy atom. The lowest BCUT2D eigenvalue weighted by molar-refractivity contribution is -0.113. The van der Waals surface area contributed by atoms with Gasteiger partial charge in [-0.1, -0.05) is 12.1 Å². The van der Waals surface area contributed by atoms with Gasteiger partial charge < -0.3 is 24.7 Å². The maximum atomic E-state index is 12.5. The highest BCUT2D eigenvalue weighted by molar-refractivity contribution is 8.00. The molecule has 6 rings (SSSR count). The van der Waals surface area contributed by atoms with Gasteiger partial charge in [0, 0.05) is 35.1 Å². The van der Waals surface area contributed by atoms with Crippen molar-refractivity contribution in [1.29, 1.82) is 0 Å². The second-order valence-corrected chi connectivity index (χ2v) is 9.53. The van der Waals surface area contributed by atoms with Crippen LogP contribution in [0.2, 0.25) is 0 Å². The number of amides is 2. The lowest BCUT2D eigenvalue weighted by Crippen LogP contribution is -2.42. The van der Waals surface area contributed by atoms with Crippen molar-refractivity contribution in [2.45, 2.75) is 23.6 Å². The van der Waals surface area contributed by atoms with E-state index in [4.69, 9.17) is 9.47 Å². The molecule has 1 fully saturated rings. The van der Waals surface area contributed by atoms with E-state index in [2.05, 4.69) is 10.6 Å². The molecule has 0 saturated carbocycles. The van der Waals surface area contributed by atoms with Crippen LogP contribution in [-0.4, -0.2) is 54.2 Å². The first-order chi connectivity index (χ1) is 16.5. The molecule has 34 heavy (non-hydrogen) atoms. The minimum Gasteiger partial charge on any atom is -0.485 e. The molecule has 2 atom stereocenters. The first-order valence-corrected chi connectivity index (χ1v) is 12.1. The van der Waals surface area contributed by atoms with Crippen molar-refractivity contribution in [3.05, 3.63) is 58.9 Å². The van der Waals surface area contributed by atoms with Gasteiger partial charge in [0.05, 0.1) is 30.0 Å². The molecule has 1 aromatic heterocycles. The Hall–Kier alpha value is -3.50. The SMILES string of the molecule is O=C1CSc2ccc(N3C[C@@H](CNC[C@H]4Cn5c(=O)ccc6cccc(c65)O4)OC3=O)cc2N1. The average Bonchev–Trinajstić information content (AvgIpc) is 3.21.